The first-order valence-corrected chi connectivity index (χ1v) is 29.7. The number of fused-ring (bicyclic) bond motifs is 16. The fraction of sp³-hybridized carbons (Fsp3) is 0.111. The van der Waals surface area contributed by atoms with Crippen LogP contribution in [-0.2, 0) is 5.41 Å². The zero-order valence-electron chi connectivity index (χ0n) is 48.6. The summed E-state index contributed by atoms with van der Waals surface area (Å²) in [5.41, 5.74) is 18.8. The van der Waals surface area contributed by atoms with Gasteiger partial charge in [-0.1, -0.05) is 236 Å². The second-order valence-electron chi connectivity index (χ2n) is 25.2. The summed E-state index contributed by atoms with van der Waals surface area (Å²) in [6, 6.07) is 97.5. The van der Waals surface area contributed by atoms with Crippen molar-refractivity contribution >= 4 is 110 Å². The molecule has 4 heteroatoms. The van der Waals surface area contributed by atoms with Gasteiger partial charge in [0, 0.05) is 49.7 Å². The van der Waals surface area contributed by atoms with Crippen LogP contribution in [0.5, 0.6) is 0 Å². The van der Waals surface area contributed by atoms with E-state index in [1.54, 1.807) is 0 Å². The van der Waals surface area contributed by atoms with Crippen molar-refractivity contribution in [3.63, 3.8) is 0 Å². The molecule has 0 fully saturated rings. The van der Waals surface area contributed by atoms with Crippen molar-refractivity contribution in [2.24, 2.45) is 10.8 Å². The van der Waals surface area contributed by atoms with E-state index >= 15 is 0 Å². The van der Waals surface area contributed by atoms with Crippen LogP contribution in [0.25, 0.3) is 110 Å². The van der Waals surface area contributed by atoms with Gasteiger partial charge in [-0.25, -0.2) is 0 Å². The summed E-state index contributed by atoms with van der Waals surface area (Å²) >= 11 is 0. The predicted octanol–water partition coefficient (Wildman–Crippen LogP) is 23.6. The minimum atomic E-state index is -0.477. The van der Waals surface area contributed by atoms with Gasteiger partial charge in [0.05, 0.1) is 11.4 Å². The molecule has 0 atom stereocenters. The summed E-state index contributed by atoms with van der Waals surface area (Å²) in [6.45, 7) is 14.9. The van der Waals surface area contributed by atoms with Gasteiger partial charge >= 0.3 is 0 Å². The summed E-state index contributed by atoms with van der Waals surface area (Å²) < 4.78 is 13.7. The third-order valence-corrected chi connectivity index (χ3v) is 18.5. The Morgan fingerprint density at radius 2 is 0.718 bits per heavy atom. The zero-order chi connectivity index (χ0) is 57.3. The molecule has 0 amide bonds. The van der Waals surface area contributed by atoms with Gasteiger partial charge in [0.1, 0.15) is 11.2 Å². The molecule has 0 unspecified atom stereocenters. The Balaban J connectivity index is 0.914. The molecule has 85 heavy (non-hydrogen) atoms. The normalized spacial score (nSPS) is 13.2. The van der Waals surface area contributed by atoms with Crippen LogP contribution in [0.4, 0.5) is 34.1 Å². The third-order valence-electron chi connectivity index (χ3n) is 18.5. The van der Waals surface area contributed by atoms with E-state index in [1.165, 1.54) is 76.8 Å². The Labute approximate surface area is 495 Å². The molecule has 0 bridgehead atoms. The summed E-state index contributed by atoms with van der Waals surface area (Å²) in [7, 11) is 0. The Morgan fingerprint density at radius 1 is 0.294 bits per heavy atom. The minimum absolute atomic E-state index is 0.265. The number of benzene rings is 13. The Hall–Kier alpha value is -10.2. The van der Waals surface area contributed by atoms with Gasteiger partial charge in [-0.05, 0) is 160 Å². The van der Waals surface area contributed by atoms with Crippen molar-refractivity contribution in [3.05, 3.63) is 278 Å². The summed E-state index contributed by atoms with van der Waals surface area (Å²) in [4.78, 5) is 4.78. The second kappa shape index (κ2) is 18.9. The highest BCUT2D eigenvalue weighted by Crippen LogP contribution is 2.69. The van der Waals surface area contributed by atoms with Crippen LogP contribution < -0.4 is 9.80 Å². The van der Waals surface area contributed by atoms with Crippen LogP contribution in [-0.4, -0.2) is 0 Å². The highest BCUT2D eigenvalue weighted by molar-refractivity contribution is 6.21. The Morgan fingerprint density at radius 3 is 1.24 bits per heavy atom. The highest BCUT2D eigenvalue weighted by atomic mass is 16.3. The molecule has 0 saturated heterocycles. The smallest absolute Gasteiger partial charge is 0.159 e. The molecule has 408 valence electrons. The van der Waals surface area contributed by atoms with Gasteiger partial charge in [0.25, 0.3) is 0 Å². The topological polar surface area (TPSA) is 32.8 Å². The number of furan rings is 2. The quantitative estimate of drug-likeness (QED) is 0.142. The monoisotopic (exact) mass is 1090 g/mol. The lowest BCUT2D eigenvalue weighted by atomic mass is 9.49. The number of hydrogen-bond donors (Lipinski definition) is 0. The van der Waals surface area contributed by atoms with Crippen LogP contribution in [0, 0.1) is 10.8 Å². The average Bonchev–Trinajstić information content (AvgIpc) is 1.75. The molecule has 4 nitrogen and oxygen atoms in total. The minimum Gasteiger partial charge on any atom is -0.454 e. The average molecular weight is 1100 g/mol. The first kappa shape index (κ1) is 50.6. The predicted molar refractivity (Wildman–Crippen MR) is 359 cm³/mol. The molecule has 16 rings (SSSR count). The second-order valence-corrected chi connectivity index (χ2v) is 25.2. The van der Waals surface area contributed by atoms with Crippen molar-refractivity contribution in [2.45, 2.75) is 47.0 Å². The lowest BCUT2D eigenvalue weighted by molar-refractivity contribution is 0.0977. The summed E-state index contributed by atoms with van der Waals surface area (Å²) in [6.07, 6.45) is 0. The fourth-order valence-corrected chi connectivity index (χ4v) is 15.3. The van der Waals surface area contributed by atoms with Crippen molar-refractivity contribution < 1.29 is 8.83 Å². The number of nitrogens with zero attached hydrogens (tertiary/aromatic N) is 2. The molecule has 1 aliphatic carbocycles. The van der Waals surface area contributed by atoms with E-state index in [1.807, 2.05) is 0 Å². The van der Waals surface area contributed by atoms with Gasteiger partial charge in [-0.3, -0.25) is 0 Å². The van der Waals surface area contributed by atoms with Crippen molar-refractivity contribution in [1.29, 1.82) is 0 Å². The zero-order valence-corrected chi connectivity index (χ0v) is 48.6. The van der Waals surface area contributed by atoms with E-state index < -0.39 is 5.41 Å². The van der Waals surface area contributed by atoms with E-state index in [9.17, 15) is 0 Å². The molecule has 0 spiro atoms. The van der Waals surface area contributed by atoms with Crippen LogP contribution in [0.1, 0.15) is 52.7 Å². The molecule has 2 aromatic heterocycles. The van der Waals surface area contributed by atoms with Crippen molar-refractivity contribution in [2.75, 3.05) is 9.80 Å². The Bertz CT molecular complexity index is 5120. The van der Waals surface area contributed by atoms with E-state index in [4.69, 9.17) is 8.83 Å². The highest BCUT2D eigenvalue weighted by Gasteiger charge is 2.59. The number of para-hydroxylation sites is 4. The standard InChI is InChI=1S/C81H62N2O2/c1-79(2,3)81(80(4,5)6)75-60-47-44-58(82(56-40-35-53(36-41-56)51-21-9-7-10-22-51)70-31-19-29-66-62-26-15-17-33-72(62)84-77(66)70)49-55(60)39-46-68(75)74-64-28-14-13-25-61(64)69-50-59(45-48-65(69)76(74)81)83(57-42-37-54(38-43-57)52-23-11-8-12-24-52)71-32-20-30-67-63-27-16-18-34-73(63)85-78(67)71/h7-50H,1-6H3. The van der Waals surface area contributed by atoms with Crippen LogP contribution in [0.3, 0.4) is 0 Å². The molecule has 0 N–H and O–H groups in total. The van der Waals surface area contributed by atoms with E-state index in [-0.39, 0.29) is 10.8 Å². The maximum Gasteiger partial charge on any atom is 0.159 e. The van der Waals surface area contributed by atoms with Crippen molar-refractivity contribution in [3.8, 4) is 33.4 Å². The third kappa shape index (κ3) is 7.61. The SMILES string of the molecule is CC(C)(C)C1(C(C)(C)C)c2c(ccc3cc(N(c4ccc(-c5ccccc5)cc4)c4cccc5c4oc4ccccc45)ccc23)-c2c1c1ccc(N(c3ccc(-c4ccccc4)cc3)c3cccc4c3oc3ccccc34)cc1c1ccccc21. The largest absolute Gasteiger partial charge is 0.454 e. The van der Waals surface area contributed by atoms with E-state index in [0.717, 1.165) is 78.0 Å². The van der Waals surface area contributed by atoms with Gasteiger partial charge in [0.2, 0.25) is 0 Å². The van der Waals surface area contributed by atoms with E-state index in [0.29, 0.717) is 0 Å². The Kier molecular flexibility index (Phi) is 11.3. The molecule has 0 radical (unpaired) electrons. The fourth-order valence-electron chi connectivity index (χ4n) is 15.3. The molecule has 1 aliphatic rings. The number of hydrogen-bond acceptors (Lipinski definition) is 4. The van der Waals surface area contributed by atoms with Crippen molar-refractivity contribution in [1.82, 2.24) is 0 Å². The number of anilines is 6. The molecule has 13 aromatic carbocycles. The number of rotatable bonds is 8. The summed E-state index contributed by atoms with van der Waals surface area (Å²) in [5.74, 6) is 0. The van der Waals surface area contributed by atoms with Gasteiger partial charge in [-0.15, -0.1) is 0 Å². The lowest BCUT2D eigenvalue weighted by Crippen LogP contribution is -2.50. The maximum absolute atomic E-state index is 6.86. The van der Waals surface area contributed by atoms with Gasteiger partial charge in [-0.2, -0.15) is 0 Å². The maximum atomic E-state index is 6.86. The molecule has 0 aliphatic heterocycles. The first-order valence-electron chi connectivity index (χ1n) is 29.7. The molecular weight excluding hydrogens is 1030 g/mol. The van der Waals surface area contributed by atoms with Gasteiger partial charge < -0.3 is 18.6 Å². The van der Waals surface area contributed by atoms with Gasteiger partial charge in [0.15, 0.2) is 11.2 Å². The lowest BCUT2D eigenvalue weighted by Gasteiger charge is -2.54. The molecule has 0 saturated carbocycles. The molecular formula is C81H62N2O2. The van der Waals surface area contributed by atoms with Crippen LogP contribution in [0.15, 0.2) is 276 Å². The molecule has 2 heterocycles. The van der Waals surface area contributed by atoms with E-state index in [2.05, 4.69) is 318 Å². The first-order chi connectivity index (χ1) is 41.4. The van der Waals surface area contributed by atoms with Crippen LogP contribution >= 0.6 is 0 Å². The summed E-state index contributed by atoms with van der Waals surface area (Å²) in [5, 5.41) is 11.8. The van der Waals surface area contributed by atoms with Crippen LogP contribution in [0.2, 0.25) is 0 Å². The molecule has 15 aromatic rings.